The molecule has 0 bridgehead atoms. The zero-order chi connectivity index (χ0) is 17.5. The number of piperidine rings is 1. The Morgan fingerprint density at radius 2 is 1.68 bits per heavy atom. The maximum absolute atomic E-state index is 12.7. The van der Waals surface area contributed by atoms with Gasteiger partial charge in [0.2, 0.25) is 0 Å². The van der Waals surface area contributed by atoms with Gasteiger partial charge >= 0.3 is 0 Å². The van der Waals surface area contributed by atoms with Crippen LogP contribution in [-0.2, 0) is 4.74 Å². The molecule has 0 saturated carbocycles. The van der Waals surface area contributed by atoms with Gasteiger partial charge in [-0.2, -0.15) is 0 Å². The minimum atomic E-state index is 0.134. The number of carbonyl (C=O) groups excluding carboxylic acids is 1. The average Bonchev–Trinajstić information content (AvgIpc) is 2.69. The Morgan fingerprint density at radius 3 is 2.32 bits per heavy atom. The predicted molar refractivity (Wildman–Crippen MR) is 101 cm³/mol. The lowest BCUT2D eigenvalue weighted by molar-refractivity contribution is 0.0702. The molecule has 4 heteroatoms. The summed E-state index contributed by atoms with van der Waals surface area (Å²) in [7, 11) is 1.71. The number of rotatable bonds is 6. The maximum atomic E-state index is 12.7. The summed E-state index contributed by atoms with van der Waals surface area (Å²) < 4.78 is 5.06. The van der Waals surface area contributed by atoms with Gasteiger partial charge in [-0.05, 0) is 36.1 Å². The molecule has 1 amide bonds. The van der Waals surface area contributed by atoms with Crippen LogP contribution in [0.25, 0.3) is 11.1 Å². The second-order valence-electron chi connectivity index (χ2n) is 6.46. The van der Waals surface area contributed by atoms with Crippen LogP contribution >= 0.6 is 0 Å². The second-order valence-corrected chi connectivity index (χ2v) is 6.46. The highest BCUT2D eigenvalue weighted by molar-refractivity contribution is 5.94. The van der Waals surface area contributed by atoms with Crippen LogP contribution in [-0.4, -0.2) is 50.2 Å². The van der Waals surface area contributed by atoms with E-state index in [1.165, 1.54) is 5.56 Å². The van der Waals surface area contributed by atoms with Gasteiger partial charge in [-0.3, -0.25) is 4.79 Å². The standard InChI is InChI=1S/C21H26N2O2/c1-25-16-13-22-20-11-14-23(15-12-20)21(24)19-9-7-18(8-10-19)17-5-3-2-4-6-17/h2-10,20,22H,11-16H2,1H3. The minimum absolute atomic E-state index is 0.134. The number of amides is 1. The summed E-state index contributed by atoms with van der Waals surface area (Å²) in [5, 5.41) is 3.48. The smallest absolute Gasteiger partial charge is 0.253 e. The van der Waals surface area contributed by atoms with Crippen LogP contribution < -0.4 is 5.32 Å². The van der Waals surface area contributed by atoms with Gasteiger partial charge in [-0.15, -0.1) is 0 Å². The summed E-state index contributed by atoms with van der Waals surface area (Å²) in [6, 6.07) is 18.6. The Bertz CT molecular complexity index is 662. The molecule has 1 heterocycles. The fourth-order valence-corrected chi connectivity index (χ4v) is 3.27. The van der Waals surface area contributed by atoms with E-state index in [0.29, 0.717) is 6.04 Å². The van der Waals surface area contributed by atoms with E-state index in [-0.39, 0.29) is 5.91 Å². The third-order valence-corrected chi connectivity index (χ3v) is 4.76. The lowest BCUT2D eigenvalue weighted by Crippen LogP contribution is -2.45. The molecule has 0 aliphatic carbocycles. The lowest BCUT2D eigenvalue weighted by atomic mass is 10.0. The molecule has 2 aromatic carbocycles. The highest BCUT2D eigenvalue weighted by atomic mass is 16.5. The number of methoxy groups -OCH3 is 1. The van der Waals surface area contributed by atoms with Crippen LogP contribution in [0.4, 0.5) is 0 Å². The summed E-state index contributed by atoms with van der Waals surface area (Å²) in [4.78, 5) is 14.7. The Balaban J connectivity index is 1.55. The van der Waals surface area contributed by atoms with Crippen molar-refractivity contribution in [2.45, 2.75) is 18.9 Å². The molecule has 25 heavy (non-hydrogen) atoms. The van der Waals surface area contributed by atoms with E-state index < -0.39 is 0 Å². The van der Waals surface area contributed by atoms with Gasteiger partial charge in [0.15, 0.2) is 0 Å². The van der Waals surface area contributed by atoms with Crippen LogP contribution in [0, 0.1) is 0 Å². The molecule has 1 fully saturated rings. The van der Waals surface area contributed by atoms with Crippen molar-refractivity contribution in [1.29, 1.82) is 0 Å². The fraction of sp³-hybridized carbons (Fsp3) is 0.381. The average molecular weight is 338 g/mol. The number of likely N-dealkylation sites (tertiary alicyclic amines) is 1. The number of hydrogen-bond donors (Lipinski definition) is 1. The Morgan fingerprint density at radius 1 is 1.04 bits per heavy atom. The maximum Gasteiger partial charge on any atom is 0.253 e. The normalized spacial score (nSPS) is 15.3. The van der Waals surface area contributed by atoms with E-state index >= 15 is 0 Å². The SMILES string of the molecule is COCCNC1CCN(C(=O)c2ccc(-c3ccccc3)cc2)CC1. The molecule has 1 aliphatic rings. The molecule has 0 aromatic heterocycles. The molecule has 0 atom stereocenters. The summed E-state index contributed by atoms with van der Waals surface area (Å²) in [5.41, 5.74) is 3.08. The quantitative estimate of drug-likeness (QED) is 0.823. The van der Waals surface area contributed by atoms with Crippen molar-refractivity contribution in [3.8, 4) is 11.1 Å². The fourth-order valence-electron chi connectivity index (χ4n) is 3.27. The minimum Gasteiger partial charge on any atom is -0.383 e. The Kier molecular flexibility index (Phi) is 6.20. The molecule has 4 nitrogen and oxygen atoms in total. The number of nitrogens with one attached hydrogen (secondary N) is 1. The van der Waals surface area contributed by atoms with Crippen LogP contribution in [0.1, 0.15) is 23.2 Å². The largest absolute Gasteiger partial charge is 0.383 e. The van der Waals surface area contributed by atoms with Crippen LogP contribution in [0.15, 0.2) is 54.6 Å². The molecule has 0 unspecified atom stereocenters. The number of benzene rings is 2. The number of ether oxygens (including phenoxy) is 1. The highest BCUT2D eigenvalue weighted by Gasteiger charge is 2.23. The van der Waals surface area contributed by atoms with Crippen LogP contribution in [0.5, 0.6) is 0 Å². The van der Waals surface area contributed by atoms with Gasteiger partial charge < -0.3 is 15.0 Å². The number of nitrogens with zero attached hydrogens (tertiary/aromatic N) is 1. The zero-order valence-corrected chi connectivity index (χ0v) is 14.8. The van der Waals surface area contributed by atoms with Crippen molar-refractivity contribution in [2.24, 2.45) is 0 Å². The summed E-state index contributed by atoms with van der Waals surface area (Å²) >= 11 is 0. The second kappa shape index (κ2) is 8.79. The van der Waals surface area contributed by atoms with E-state index in [9.17, 15) is 4.79 Å². The molecular formula is C21H26N2O2. The van der Waals surface area contributed by atoms with Crippen molar-refractivity contribution >= 4 is 5.91 Å². The van der Waals surface area contributed by atoms with E-state index in [1.54, 1.807) is 7.11 Å². The Hall–Kier alpha value is -2.17. The van der Waals surface area contributed by atoms with Crippen LogP contribution in [0.3, 0.4) is 0 Å². The summed E-state index contributed by atoms with van der Waals surface area (Å²) in [6.07, 6.45) is 2.00. The van der Waals surface area contributed by atoms with Crippen molar-refractivity contribution in [3.63, 3.8) is 0 Å². The molecule has 0 spiro atoms. The first-order valence-electron chi connectivity index (χ1n) is 8.95. The molecule has 132 valence electrons. The Labute approximate surface area is 149 Å². The first kappa shape index (κ1) is 17.6. The number of carbonyl (C=O) groups is 1. The van der Waals surface area contributed by atoms with Gasteiger partial charge in [-0.1, -0.05) is 42.5 Å². The van der Waals surface area contributed by atoms with E-state index in [1.807, 2.05) is 47.4 Å². The third kappa shape index (κ3) is 4.68. The van der Waals surface area contributed by atoms with Gasteiger partial charge in [0, 0.05) is 38.3 Å². The number of hydrogen-bond acceptors (Lipinski definition) is 3. The molecule has 1 N–H and O–H groups in total. The van der Waals surface area contributed by atoms with E-state index in [2.05, 4.69) is 17.4 Å². The summed E-state index contributed by atoms with van der Waals surface area (Å²) in [6.45, 7) is 3.22. The van der Waals surface area contributed by atoms with Crippen molar-refractivity contribution in [3.05, 3.63) is 60.2 Å². The molecule has 0 radical (unpaired) electrons. The van der Waals surface area contributed by atoms with Crippen molar-refractivity contribution in [2.75, 3.05) is 33.4 Å². The predicted octanol–water partition coefficient (Wildman–Crippen LogP) is 3.19. The lowest BCUT2D eigenvalue weighted by Gasteiger charge is -2.32. The molecule has 1 aliphatic heterocycles. The van der Waals surface area contributed by atoms with Gasteiger partial charge in [0.05, 0.1) is 6.61 Å². The zero-order valence-electron chi connectivity index (χ0n) is 14.8. The first-order chi connectivity index (χ1) is 12.3. The molecule has 1 saturated heterocycles. The summed E-state index contributed by atoms with van der Waals surface area (Å²) in [5.74, 6) is 0.134. The first-order valence-corrected chi connectivity index (χ1v) is 8.95. The van der Waals surface area contributed by atoms with Crippen molar-refractivity contribution in [1.82, 2.24) is 10.2 Å². The van der Waals surface area contributed by atoms with E-state index in [0.717, 1.165) is 50.2 Å². The van der Waals surface area contributed by atoms with Crippen LogP contribution in [0.2, 0.25) is 0 Å². The van der Waals surface area contributed by atoms with Gasteiger partial charge in [0.1, 0.15) is 0 Å². The molecule has 2 aromatic rings. The monoisotopic (exact) mass is 338 g/mol. The highest BCUT2D eigenvalue weighted by Crippen LogP contribution is 2.20. The van der Waals surface area contributed by atoms with Gasteiger partial charge in [0.25, 0.3) is 5.91 Å². The third-order valence-electron chi connectivity index (χ3n) is 4.76. The van der Waals surface area contributed by atoms with Gasteiger partial charge in [-0.25, -0.2) is 0 Å². The molecule has 3 rings (SSSR count). The molecular weight excluding hydrogens is 312 g/mol. The topological polar surface area (TPSA) is 41.6 Å². The van der Waals surface area contributed by atoms with E-state index in [4.69, 9.17) is 4.74 Å². The van der Waals surface area contributed by atoms with Crippen molar-refractivity contribution < 1.29 is 9.53 Å².